The molecule has 2 aromatic rings. The quantitative estimate of drug-likeness (QED) is 0.144. The van der Waals surface area contributed by atoms with Gasteiger partial charge < -0.3 is 44.0 Å². The summed E-state index contributed by atoms with van der Waals surface area (Å²) in [6.07, 6.45) is -1.76. The minimum absolute atomic E-state index is 0.101. The maximum absolute atomic E-state index is 12.4. The van der Waals surface area contributed by atoms with E-state index in [1.54, 1.807) is 4.57 Å². The van der Waals surface area contributed by atoms with Gasteiger partial charge in [-0.2, -0.15) is 0 Å². The first-order chi connectivity index (χ1) is 16.9. The van der Waals surface area contributed by atoms with Crippen LogP contribution in [-0.2, 0) is 32.8 Å². The van der Waals surface area contributed by atoms with Crippen LogP contribution in [-0.4, -0.2) is 80.1 Å². The zero-order chi connectivity index (χ0) is 26.9. The molecule has 0 saturated carbocycles. The average Bonchev–Trinajstić information content (AvgIpc) is 3.17. The second-order valence-corrected chi connectivity index (χ2v) is 9.59. The van der Waals surface area contributed by atoms with Crippen LogP contribution in [0.15, 0.2) is 12.7 Å². The fraction of sp³-hybridized carbons (Fsp3) is 0.632. The summed E-state index contributed by atoms with van der Waals surface area (Å²) in [5.74, 6) is 0.179. The van der Waals surface area contributed by atoms with Crippen LogP contribution in [0.3, 0.4) is 0 Å². The standard InChI is InChI=1S/C19H30N5O11P/c1-11(2)31-17(26)33-19(34-18(27)32-12(3)4)35-36(28,29)10-30-6-5-13(7-25)24-9-23-14-15(20)21-8-22-16(14)24/h8-9,11-13,19,25H,5-7,10H2,1-4H3,(H,28,29)(H2,20,21,22). The van der Waals surface area contributed by atoms with Crippen molar-refractivity contribution in [2.75, 3.05) is 25.3 Å². The monoisotopic (exact) mass is 535 g/mol. The van der Waals surface area contributed by atoms with Crippen molar-refractivity contribution in [1.82, 2.24) is 19.5 Å². The van der Waals surface area contributed by atoms with Crippen molar-refractivity contribution in [2.24, 2.45) is 0 Å². The molecule has 0 aromatic carbocycles. The molecule has 0 saturated heterocycles. The van der Waals surface area contributed by atoms with Crippen LogP contribution in [0.2, 0.25) is 0 Å². The molecule has 2 atom stereocenters. The van der Waals surface area contributed by atoms with Gasteiger partial charge in [0.1, 0.15) is 18.2 Å². The minimum Gasteiger partial charge on any atom is -0.431 e. The topological polar surface area (TPSA) is 217 Å². The van der Waals surface area contributed by atoms with E-state index in [0.717, 1.165) is 0 Å². The van der Waals surface area contributed by atoms with Gasteiger partial charge in [0.2, 0.25) is 0 Å². The van der Waals surface area contributed by atoms with Crippen LogP contribution < -0.4 is 5.73 Å². The molecule has 2 aromatic heterocycles. The Morgan fingerprint density at radius 1 is 1.06 bits per heavy atom. The number of carbonyl (C=O) groups is 2. The van der Waals surface area contributed by atoms with E-state index < -0.39 is 51.0 Å². The number of nitrogens with zero attached hydrogens (tertiary/aromatic N) is 4. The summed E-state index contributed by atoms with van der Waals surface area (Å²) in [6.45, 7) is 3.47. The molecule has 0 aliphatic carbocycles. The number of aliphatic hydroxyl groups is 1. The number of hydrogen-bond acceptors (Lipinski definition) is 14. The van der Waals surface area contributed by atoms with E-state index in [-0.39, 0.29) is 25.5 Å². The first kappa shape index (κ1) is 29.2. The van der Waals surface area contributed by atoms with Gasteiger partial charge in [-0.05, 0) is 34.1 Å². The number of fused-ring (bicyclic) bond motifs is 1. The number of imidazole rings is 1. The van der Waals surface area contributed by atoms with Crippen molar-refractivity contribution < 1.29 is 52.4 Å². The van der Waals surface area contributed by atoms with Gasteiger partial charge in [0.15, 0.2) is 11.5 Å². The first-order valence-corrected chi connectivity index (χ1v) is 12.5. The lowest BCUT2D eigenvalue weighted by Crippen LogP contribution is -2.29. The molecule has 17 heteroatoms. The molecule has 202 valence electrons. The highest BCUT2D eigenvalue weighted by Crippen LogP contribution is 2.43. The molecule has 0 aliphatic rings. The zero-order valence-corrected chi connectivity index (χ0v) is 21.1. The molecule has 2 unspecified atom stereocenters. The Labute approximate surface area is 206 Å². The molecular formula is C19H30N5O11P. The molecule has 0 radical (unpaired) electrons. The number of ether oxygens (including phenoxy) is 5. The molecule has 0 spiro atoms. The van der Waals surface area contributed by atoms with E-state index in [0.29, 0.717) is 11.2 Å². The average molecular weight is 535 g/mol. The van der Waals surface area contributed by atoms with Crippen LogP contribution >= 0.6 is 7.60 Å². The highest BCUT2D eigenvalue weighted by molar-refractivity contribution is 7.52. The number of nitrogens with two attached hydrogens (primary N) is 1. The number of aromatic nitrogens is 4. The van der Waals surface area contributed by atoms with Gasteiger partial charge in [0.05, 0.1) is 31.2 Å². The molecule has 4 N–H and O–H groups in total. The molecule has 0 aliphatic heterocycles. The Bertz CT molecular complexity index is 1040. The van der Waals surface area contributed by atoms with E-state index in [2.05, 4.69) is 24.4 Å². The molecule has 0 fully saturated rings. The van der Waals surface area contributed by atoms with E-state index in [1.165, 1.54) is 40.3 Å². The number of hydrogen-bond donors (Lipinski definition) is 3. The number of rotatable bonds is 13. The highest BCUT2D eigenvalue weighted by Gasteiger charge is 2.32. The fourth-order valence-electron chi connectivity index (χ4n) is 2.68. The zero-order valence-electron chi connectivity index (χ0n) is 20.2. The summed E-state index contributed by atoms with van der Waals surface area (Å²) in [7, 11) is -4.61. The Morgan fingerprint density at radius 2 is 1.67 bits per heavy atom. The molecule has 36 heavy (non-hydrogen) atoms. The highest BCUT2D eigenvalue weighted by atomic mass is 31.2. The van der Waals surface area contributed by atoms with Crippen LogP contribution in [0.4, 0.5) is 15.4 Å². The fourth-order valence-corrected chi connectivity index (χ4v) is 3.46. The SMILES string of the molecule is CC(C)OC(=O)OC(OC(=O)OC(C)C)OP(=O)(O)COCCC(CO)n1cnc2c(N)ncnc21. The summed E-state index contributed by atoms with van der Waals surface area (Å²) in [5, 5.41) is 9.77. The van der Waals surface area contributed by atoms with Crippen LogP contribution in [0.1, 0.15) is 40.2 Å². The third-order valence-corrected chi connectivity index (χ3v) is 5.15. The molecule has 0 bridgehead atoms. The summed E-state index contributed by atoms with van der Waals surface area (Å²) >= 11 is 0. The van der Waals surface area contributed by atoms with Crippen molar-refractivity contribution in [3.8, 4) is 0 Å². The number of anilines is 1. The van der Waals surface area contributed by atoms with Crippen molar-refractivity contribution in [1.29, 1.82) is 0 Å². The largest absolute Gasteiger partial charge is 0.513 e. The smallest absolute Gasteiger partial charge is 0.431 e. The van der Waals surface area contributed by atoms with Gasteiger partial charge in [-0.15, -0.1) is 0 Å². The maximum Gasteiger partial charge on any atom is 0.513 e. The Morgan fingerprint density at radius 3 is 2.22 bits per heavy atom. The van der Waals surface area contributed by atoms with Gasteiger partial charge in [-0.25, -0.2) is 29.1 Å². The lowest BCUT2D eigenvalue weighted by atomic mass is 10.2. The minimum atomic E-state index is -4.61. The molecule has 2 heterocycles. The second-order valence-electron chi connectivity index (χ2n) is 7.85. The third kappa shape index (κ3) is 9.20. The molecule has 2 rings (SSSR count). The van der Waals surface area contributed by atoms with Crippen LogP contribution in [0.5, 0.6) is 0 Å². The van der Waals surface area contributed by atoms with E-state index >= 15 is 0 Å². The predicted molar refractivity (Wildman–Crippen MR) is 121 cm³/mol. The van der Waals surface area contributed by atoms with E-state index in [1.807, 2.05) is 0 Å². The lowest BCUT2D eigenvalue weighted by Gasteiger charge is -2.21. The van der Waals surface area contributed by atoms with Crippen molar-refractivity contribution in [3.05, 3.63) is 12.7 Å². The molecular weight excluding hydrogens is 505 g/mol. The van der Waals surface area contributed by atoms with Gasteiger partial charge in [-0.3, -0.25) is 4.57 Å². The Hall–Kier alpha value is -3.04. The summed E-state index contributed by atoms with van der Waals surface area (Å²) in [5.41, 5.74) is 6.53. The third-order valence-electron chi connectivity index (χ3n) is 4.14. The van der Waals surface area contributed by atoms with Crippen molar-refractivity contribution in [2.45, 2.75) is 58.8 Å². The van der Waals surface area contributed by atoms with E-state index in [4.69, 9.17) is 24.5 Å². The summed E-state index contributed by atoms with van der Waals surface area (Å²) in [4.78, 5) is 45.7. The van der Waals surface area contributed by atoms with Crippen molar-refractivity contribution >= 4 is 36.9 Å². The lowest BCUT2D eigenvalue weighted by molar-refractivity contribution is -0.209. The second kappa shape index (κ2) is 13.3. The summed E-state index contributed by atoms with van der Waals surface area (Å²) < 4.78 is 42.8. The Kier molecular flexibility index (Phi) is 10.8. The van der Waals surface area contributed by atoms with Gasteiger partial charge >= 0.3 is 26.4 Å². The van der Waals surface area contributed by atoms with Gasteiger partial charge in [0, 0.05) is 6.61 Å². The summed E-state index contributed by atoms with van der Waals surface area (Å²) in [6, 6.07) is -0.542. The molecule has 16 nitrogen and oxygen atoms in total. The number of carbonyl (C=O) groups excluding carboxylic acids is 2. The predicted octanol–water partition coefficient (Wildman–Crippen LogP) is 1.91. The maximum atomic E-state index is 12.4. The van der Waals surface area contributed by atoms with Gasteiger partial charge in [0.25, 0.3) is 0 Å². The van der Waals surface area contributed by atoms with Crippen LogP contribution in [0, 0.1) is 0 Å². The first-order valence-electron chi connectivity index (χ1n) is 10.8. The van der Waals surface area contributed by atoms with Crippen LogP contribution in [0.25, 0.3) is 11.2 Å². The van der Waals surface area contributed by atoms with Gasteiger partial charge in [-0.1, -0.05) is 0 Å². The van der Waals surface area contributed by atoms with E-state index in [9.17, 15) is 24.2 Å². The Balaban J connectivity index is 1.94. The number of aliphatic hydroxyl groups excluding tert-OH is 1. The number of nitrogen functional groups attached to an aromatic ring is 1. The van der Waals surface area contributed by atoms with Crippen molar-refractivity contribution in [3.63, 3.8) is 0 Å². The normalized spacial score (nSPS) is 14.1. The molecule has 0 amide bonds.